The van der Waals surface area contributed by atoms with Gasteiger partial charge in [0.1, 0.15) is 5.82 Å². The number of benzene rings is 1. The summed E-state index contributed by atoms with van der Waals surface area (Å²) in [4.78, 5) is 22.2. The van der Waals surface area contributed by atoms with E-state index in [-0.39, 0.29) is 17.2 Å². The number of aromatic nitrogens is 2. The molecule has 20 heavy (non-hydrogen) atoms. The minimum absolute atomic E-state index is 0.0637. The van der Waals surface area contributed by atoms with E-state index in [4.69, 9.17) is 5.73 Å². The maximum Gasteiger partial charge on any atom is 0.276 e. The zero-order valence-electron chi connectivity index (χ0n) is 10.5. The number of nitrogens with two attached hydrogens (primary N) is 1. The van der Waals surface area contributed by atoms with Crippen molar-refractivity contribution >= 4 is 23.1 Å². The largest absolute Gasteiger partial charge is 0.382 e. The molecule has 1 aromatic heterocycles. The van der Waals surface area contributed by atoms with Crippen LogP contribution in [0.2, 0.25) is 0 Å². The Morgan fingerprint density at radius 2 is 2.05 bits per heavy atom. The Hall–Kier alpha value is -3.03. The fourth-order valence-corrected chi connectivity index (χ4v) is 1.54. The van der Waals surface area contributed by atoms with Crippen LogP contribution in [0.3, 0.4) is 0 Å². The minimum Gasteiger partial charge on any atom is -0.382 e. The number of amides is 1. The molecular weight excluding hydrogens is 262 g/mol. The molecule has 3 N–H and O–H groups in total. The monoisotopic (exact) mass is 273 g/mol. The highest BCUT2D eigenvalue weighted by Crippen LogP contribution is 2.22. The van der Waals surface area contributed by atoms with Gasteiger partial charge in [-0.15, -0.1) is 10.2 Å². The van der Waals surface area contributed by atoms with Crippen LogP contribution >= 0.6 is 0 Å². The average molecular weight is 273 g/mol. The van der Waals surface area contributed by atoms with Crippen LogP contribution in [-0.4, -0.2) is 21.0 Å². The summed E-state index contributed by atoms with van der Waals surface area (Å²) in [5.74, 6) is -0.317. The lowest BCUT2D eigenvalue weighted by Gasteiger charge is -2.05. The normalized spacial score (nSPS) is 10.1. The molecule has 1 amide bonds. The number of carbonyl (C=O) groups excluding carboxylic acids is 1. The molecule has 8 nitrogen and oxygen atoms in total. The number of aryl methyl sites for hydroxylation is 1. The van der Waals surface area contributed by atoms with Gasteiger partial charge in [-0.3, -0.25) is 14.9 Å². The maximum absolute atomic E-state index is 11.9. The second-order valence-electron chi connectivity index (χ2n) is 4.06. The number of anilines is 2. The van der Waals surface area contributed by atoms with Crippen molar-refractivity contribution in [3.8, 4) is 0 Å². The van der Waals surface area contributed by atoms with Crippen LogP contribution in [-0.2, 0) is 0 Å². The molecule has 0 aliphatic carbocycles. The Morgan fingerprint density at radius 3 is 2.65 bits per heavy atom. The molecule has 0 saturated heterocycles. The Kier molecular flexibility index (Phi) is 3.56. The van der Waals surface area contributed by atoms with Crippen molar-refractivity contribution < 1.29 is 9.72 Å². The number of hydrogen-bond donors (Lipinski definition) is 2. The Balaban J connectivity index is 2.21. The number of nitrogens with one attached hydrogen (secondary N) is 1. The molecule has 0 radical (unpaired) electrons. The van der Waals surface area contributed by atoms with Gasteiger partial charge in [0.15, 0.2) is 5.69 Å². The summed E-state index contributed by atoms with van der Waals surface area (Å²) in [6, 6.07) is 7.28. The number of nitrogen functional groups attached to an aromatic ring is 1. The van der Waals surface area contributed by atoms with Crippen LogP contribution in [0, 0.1) is 17.0 Å². The summed E-state index contributed by atoms with van der Waals surface area (Å²) < 4.78 is 0. The topological polar surface area (TPSA) is 124 Å². The lowest BCUT2D eigenvalue weighted by atomic mass is 10.2. The summed E-state index contributed by atoms with van der Waals surface area (Å²) in [5, 5.41) is 20.5. The second kappa shape index (κ2) is 5.31. The van der Waals surface area contributed by atoms with E-state index < -0.39 is 10.8 Å². The number of nitro groups is 1. The molecule has 0 spiro atoms. The van der Waals surface area contributed by atoms with Crippen molar-refractivity contribution in [3.05, 3.63) is 51.7 Å². The lowest BCUT2D eigenvalue weighted by molar-refractivity contribution is -0.385. The smallest absolute Gasteiger partial charge is 0.276 e. The number of nitro benzene ring substituents is 1. The van der Waals surface area contributed by atoms with Gasteiger partial charge in [-0.25, -0.2) is 0 Å². The zero-order valence-corrected chi connectivity index (χ0v) is 10.5. The van der Waals surface area contributed by atoms with Gasteiger partial charge in [-0.2, -0.15) is 0 Å². The van der Waals surface area contributed by atoms with Gasteiger partial charge < -0.3 is 11.1 Å². The van der Waals surface area contributed by atoms with Gasteiger partial charge in [0.25, 0.3) is 11.6 Å². The fourth-order valence-electron chi connectivity index (χ4n) is 1.54. The zero-order chi connectivity index (χ0) is 14.7. The van der Waals surface area contributed by atoms with Crippen LogP contribution < -0.4 is 11.1 Å². The molecule has 2 rings (SSSR count). The second-order valence-corrected chi connectivity index (χ2v) is 4.06. The molecular formula is C12H11N5O3. The van der Waals surface area contributed by atoms with E-state index in [1.807, 2.05) is 0 Å². The summed E-state index contributed by atoms with van der Waals surface area (Å²) in [5.41, 5.74) is 6.20. The molecule has 0 aliphatic heterocycles. The first-order valence-corrected chi connectivity index (χ1v) is 5.63. The quantitative estimate of drug-likeness (QED) is 0.645. The van der Waals surface area contributed by atoms with Crippen LogP contribution in [0.15, 0.2) is 30.3 Å². The number of carbonyl (C=O) groups is 1. The van der Waals surface area contributed by atoms with Crippen LogP contribution in [0.4, 0.5) is 17.2 Å². The first-order chi connectivity index (χ1) is 9.47. The van der Waals surface area contributed by atoms with E-state index in [0.29, 0.717) is 11.3 Å². The van der Waals surface area contributed by atoms with E-state index in [1.165, 1.54) is 18.2 Å². The predicted molar refractivity (Wildman–Crippen MR) is 72.2 cm³/mol. The van der Waals surface area contributed by atoms with Crippen LogP contribution in [0.25, 0.3) is 0 Å². The van der Waals surface area contributed by atoms with E-state index in [0.717, 1.165) is 0 Å². The van der Waals surface area contributed by atoms with Crippen molar-refractivity contribution in [3.63, 3.8) is 0 Å². The van der Waals surface area contributed by atoms with Crippen molar-refractivity contribution in [1.29, 1.82) is 0 Å². The highest BCUT2D eigenvalue weighted by atomic mass is 16.6. The third-order valence-electron chi connectivity index (χ3n) is 2.58. The van der Waals surface area contributed by atoms with Crippen molar-refractivity contribution in [2.75, 3.05) is 11.1 Å². The minimum atomic E-state index is -0.518. The van der Waals surface area contributed by atoms with E-state index in [1.54, 1.807) is 19.1 Å². The third-order valence-corrected chi connectivity index (χ3v) is 2.58. The van der Waals surface area contributed by atoms with Gasteiger partial charge in [0.05, 0.1) is 4.92 Å². The summed E-state index contributed by atoms with van der Waals surface area (Å²) in [6.07, 6.45) is 0. The summed E-state index contributed by atoms with van der Waals surface area (Å²) in [6.45, 7) is 1.62. The third kappa shape index (κ3) is 2.86. The van der Waals surface area contributed by atoms with Crippen LogP contribution in [0.5, 0.6) is 0 Å². The molecule has 102 valence electrons. The first-order valence-electron chi connectivity index (χ1n) is 5.63. The van der Waals surface area contributed by atoms with Crippen molar-refractivity contribution in [2.24, 2.45) is 0 Å². The molecule has 0 fully saturated rings. The molecule has 0 unspecified atom stereocenters. The molecule has 0 saturated carbocycles. The van der Waals surface area contributed by atoms with Crippen LogP contribution in [0.1, 0.15) is 16.1 Å². The molecule has 8 heteroatoms. The van der Waals surface area contributed by atoms with Crippen molar-refractivity contribution in [1.82, 2.24) is 10.2 Å². The summed E-state index contributed by atoms with van der Waals surface area (Å²) in [7, 11) is 0. The number of rotatable bonds is 3. The standard InChI is InChI=1S/C12H11N5O3/c1-7-2-3-8(6-10(7)17(19)20)14-12(18)9-4-5-11(13)16-15-9/h2-6H,1H3,(H2,13,16)(H,14,18). The number of hydrogen-bond acceptors (Lipinski definition) is 6. The van der Waals surface area contributed by atoms with Gasteiger partial charge >= 0.3 is 0 Å². The Morgan fingerprint density at radius 1 is 1.30 bits per heavy atom. The molecule has 1 heterocycles. The number of nitrogens with zero attached hydrogens (tertiary/aromatic N) is 3. The highest BCUT2D eigenvalue weighted by molar-refractivity contribution is 6.02. The molecule has 2 aromatic rings. The average Bonchev–Trinajstić information content (AvgIpc) is 2.41. The Bertz CT molecular complexity index is 669. The van der Waals surface area contributed by atoms with Gasteiger partial charge in [0.2, 0.25) is 0 Å². The van der Waals surface area contributed by atoms with E-state index in [2.05, 4.69) is 15.5 Å². The maximum atomic E-state index is 11.9. The first kappa shape index (κ1) is 13.4. The van der Waals surface area contributed by atoms with E-state index in [9.17, 15) is 14.9 Å². The van der Waals surface area contributed by atoms with E-state index >= 15 is 0 Å². The van der Waals surface area contributed by atoms with Gasteiger partial charge in [-0.1, -0.05) is 6.07 Å². The van der Waals surface area contributed by atoms with Gasteiger partial charge in [0, 0.05) is 17.3 Å². The fraction of sp³-hybridized carbons (Fsp3) is 0.0833. The molecule has 1 aromatic carbocycles. The lowest BCUT2D eigenvalue weighted by Crippen LogP contribution is -2.14. The summed E-state index contributed by atoms with van der Waals surface area (Å²) >= 11 is 0. The SMILES string of the molecule is Cc1ccc(NC(=O)c2ccc(N)nn2)cc1[N+](=O)[O-]. The predicted octanol–water partition coefficient (Wildman–Crippen LogP) is 1.53. The van der Waals surface area contributed by atoms with Gasteiger partial charge in [-0.05, 0) is 25.1 Å². The molecule has 0 atom stereocenters. The van der Waals surface area contributed by atoms with Crippen molar-refractivity contribution in [2.45, 2.75) is 6.92 Å². The molecule has 0 aliphatic rings. The highest BCUT2D eigenvalue weighted by Gasteiger charge is 2.13. The molecule has 0 bridgehead atoms. The Labute approximate surface area is 113 Å².